The second kappa shape index (κ2) is 7.09. The summed E-state index contributed by atoms with van der Waals surface area (Å²) in [6.45, 7) is 1.30. The summed E-state index contributed by atoms with van der Waals surface area (Å²) >= 11 is 17.8. The van der Waals surface area contributed by atoms with Crippen molar-refractivity contribution in [3.8, 4) is 0 Å². The van der Waals surface area contributed by atoms with E-state index in [9.17, 15) is 13.2 Å². The highest BCUT2D eigenvalue weighted by atomic mass is 35.5. The van der Waals surface area contributed by atoms with Crippen molar-refractivity contribution in [1.29, 1.82) is 0 Å². The van der Waals surface area contributed by atoms with Gasteiger partial charge in [-0.15, -0.1) is 0 Å². The maximum absolute atomic E-state index is 12.4. The lowest BCUT2D eigenvalue weighted by atomic mass is 10.3. The molecule has 0 aliphatic rings. The topological polar surface area (TPSA) is 63.2 Å². The van der Waals surface area contributed by atoms with Crippen molar-refractivity contribution >= 4 is 56.2 Å². The van der Waals surface area contributed by atoms with E-state index < -0.39 is 21.0 Å². The van der Waals surface area contributed by atoms with E-state index in [-0.39, 0.29) is 20.6 Å². The van der Waals surface area contributed by atoms with Gasteiger partial charge in [-0.3, -0.25) is 4.79 Å². The minimum atomic E-state index is -3.82. The first kappa shape index (κ1) is 18.1. The second-order valence-electron chi connectivity index (χ2n) is 4.73. The molecule has 2 aromatic rings. The summed E-state index contributed by atoms with van der Waals surface area (Å²) in [5.41, 5.74) is 0.123. The molecule has 0 aliphatic heterocycles. The molecule has 0 spiro atoms. The van der Waals surface area contributed by atoms with Gasteiger partial charge in [0.1, 0.15) is 5.25 Å². The Morgan fingerprint density at radius 2 is 1.57 bits per heavy atom. The first-order valence-corrected chi connectivity index (χ1v) is 9.16. The van der Waals surface area contributed by atoms with E-state index in [1.54, 1.807) is 18.2 Å². The van der Waals surface area contributed by atoms with Crippen molar-refractivity contribution in [2.24, 2.45) is 0 Å². The number of hydrogen-bond donors (Lipinski definition) is 1. The summed E-state index contributed by atoms with van der Waals surface area (Å²) in [6, 6.07) is 10.5. The summed E-state index contributed by atoms with van der Waals surface area (Å²) in [7, 11) is -3.82. The van der Waals surface area contributed by atoms with Crippen LogP contribution >= 0.6 is 34.8 Å². The molecule has 1 amide bonds. The maximum atomic E-state index is 12.4. The van der Waals surface area contributed by atoms with E-state index >= 15 is 0 Å². The SMILES string of the molecule is CC(C(=O)Nc1c(Cl)cc(Cl)cc1Cl)S(=O)(=O)c1ccccc1. The molecule has 122 valence electrons. The van der Waals surface area contributed by atoms with Crippen LogP contribution in [0.1, 0.15) is 6.92 Å². The fourth-order valence-corrected chi connectivity index (χ4v) is 4.04. The molecule has 0 aliphatic carbocycles. The molecular weight excluding hydrogens is 381 g/mol. The summed E-state index contributed by atoms with van der Waals surface area (Å²) in [6.07, 6.45) is 0. The largest absolute Gasteiger partial charge is 0.322 e. The smallest absolute Gasteiger partial charge is 0.242 e. The average molecular weight is 393 g/mol. The average Bonchev–Trinajstić information content (AvgIpc) is 2.50. The van der Waals surface area contributed by atoms with Gasteiger partial charge < -0.3 is 5.32 Å². The molecule has 0 fully saturated rings. The second-order valence-corrected chi connectivity index (χ2v) is 8.25. The molecular formula is C15H12Cl3NO3S. The molecule has 1 N–H and O–H groups in total. The third-order valence-corrected chi connectivity index (χ3v) is 6.05. The zero-order chi connectivity index (χ0) is 17.2. The van der Waals surface area contributed by atoms with Crippen LogP contribution in [-0.2, 0) is 14.6 Å². The number of amides is 1. The van der Waals surface area contributed by atoms with Crippen molar-refractivity contribution in [3.63, 3.8) is 0 Å². The zero-order valence-corrected chi connectivity index (χ0v) is 15.0. The van der Waals surface area contributed by atoms with E-state index in [0.29, 0.717) is 5.02 Å². The Morgan fingerprint density at radius 1 is 1.04 bits per heavy atom. The van der Waals surface area contributed by atoms with Gasteiger partial charge in [0.25, 0.3) is 0 Å². The fraction of sp³-hybridized carbons (Fsp3) is 0.133. The highest BCUT2D eigenvalue weighted by molar-refractivity contribution is 7.92. The van der Waals surface area contributed by atoms with Gasteiger partial charge in [0.2, 0.25) is 5.91 Å². The number of carbonyl (C=O) groups is 1. The molecule has 1 atom stereocenters. The van der Waals surface area contributed by atoms with Gasteiger partial charge in [-0.05, 0) is 31.2 Å². The van der Waals surface area contributed by atoms with E-state index in [2.05, 4.69) is 5.32 Å². The van der Waals surface area contributed by atoms with Crippen LogP contribution in [0.2, 0.25) is 15.1 Å². The third-order valence-electron chi connectivity index (χ3n) is 3.16. The van der Waals surface area contributed by atoms with Gasteiger partial charge in [-0.1, -0.05) is 53.0 Å². The van der Waals surface area contributed by atoms with Gasteiger partial charge in [-0.2, -0.15) is 0 Å². The van der Waals surface area contributed by atoms with Crippen molar-refractivity contribution < 1.29 is 13.2 Å². The molecule has 0 radical (unpaired) electrons. The van der Waals surface area contributed by atoms with Crippen LogP contribution in [0, 0.1) is 0 Å². The standard InChI is InChI=1S/C15H12Cl3NO3S/c1-9(23(21,22)11-5-3-2-4-6-11)15(20)19-14-12(17)7-10(16)8-13(14)18/h2-9H,1H3,(H,19,20). The highest BCUT2D eigenvalue weighted by Gasteiger charge is 2.30. The summed E-state index contributed by atoms with van der Waals surface area (Å²) in [4.78, 5) is 12.3. The van der Waals surface area contributed by atoms with Gasteiger partial charge in [0.15, 0.2) is 9.84 Å². The third kappa shape index (κ3) is 3.98. The van der Waals surface area contributed by atoms with Gasteiger partial charge in [0, 0.05) is 5.02 Å². The first-order valence-electron chi connectivity index (χ1n) is 6.48. The molecule has 23 heavy (non-hydrogen) atoms. The Bertz CT molecular complexity index is 815. The molecule has 2 aromatic carbocycles. The van der Waals surface area contributed by atoms with Crippen LogP contribution in [-0.4, -0.2) is 19.6 Å². The Morgan fingerprint density at radius 3 is 2.09 bits per heavy atom. The zero-order valence-electron chi connectivity index (χ0n) is 11.9. The van der Waals surface area contributed by atoms with Gasteiger partial charge >= 0.3 is 0 Å². The first-order chi connectivity index (χ1) is 10.7. The Labute approximate surface area is 149 Å². The van der Waals surface area contributed by atoms with E-state index in [0.717, 1.165) is 0 Å². The minimum absolute atomic E-state index is 0.0657. The summed E-state index contributed by atoms with van der Waals surface area (Å²) in [5.74, 6) is -0.736. The van der Waals surface area contributed by atoms with Crippen molar-refractivity contribution in [2.75, 3.05) is 5.32 Å². The van der Waals surface area contributed by atoms with E-state index in [4.69, 9.17) is 34.8 Å². The number of carbonyl (C=O) groups excluding carboxylic acids is 1. The van der Waals surface area contributed by atoms with Gasteiger partial charge in [0.05, 0.1) is 20.6 Å². The molecule has 1 unspecified atom stereocenters. The van der Waals surface area contributed by atoms with Crippen molar-refractivity contribution in [3.05, 3.63) is 57.5 Å². The van der Waals surface area contributed by atoms with Crippen LogP contribution in [0.4, 0.5) is 5.69 Å². The maximum Gasteiger partial charge on any atom is 0.242 e. The molecule has 0 bridgehead atoms. The number of nitrogens with one attached hydrogen (secondary N) is 1. The number of rotatable bonds is 4. The predicted octanol–water partition coefficient (Wildman–Crippen LogP) is 4.45. The lowest BCUT2D eigenvalue weighted by Crippen LogP contribution is -2.32. The fourth-order valence-electron chi connectivity index (χ4n) is 1.84. The normalized spacial score (nSPS) is 12.7. The van der Waals surface area contributed by atoms with Crippen LogP contribution < -0.4 is 5.32 Å². The summed E-state index contributed by atoms with van der Waals surface area (Å²) in [5, 5.41) is 1.69. The molecule has 2 rings (SSSR count). The molecule has 0 heterocycles. The molecule has 8 heteroatoms. The number of sulfone groups is 1. The van der Waals surface area contributed by atoms with E-state index in [1.807, 2.05) is 0 Å². The molecule has 0 aromatic heterocycles. The molecule has 0 saturated heterocycles. The highest BCUT2D eigenvalue weighted by Crippen LogP contribution is 2.34. The monoisotopic (exact) mass is 391 g/mol. The van der Waals surface area contributed by atoms with Crippen LogP contribution in [0.15, 0.2) is 47.4 Å². The number of halogens is 3. The number of hydrogen-bond acceptors (Lipinski definition) is 3. The number of benzene rings is 2. The van der Waals surface area contributed by atoms with Crippen LogP contribution in [0.25, 0.3) is 0 Å². The Balaban J connectivity index is 2.28. The lowest BCUT2D eigenvalue weighted by Gasteiger charge is -2.15. The quantitative estimate of drug-likeness (QED) is 0.836. The van der Waals surface area contributed by atoms with Crippen LogP contribution in [0.3, 0.4) is 0 Å². The van der Waals surface area contributed by atoms with Crippen molar-refractivity contribution in [1.82, 2.24) is 0 Å². The predicted molar refractivity (Wildman–Crippen MR) is 93.2 cm³/mol. The Kier molecular flexibility index (Phi) is 5.57. The minimum Gasteiger partial charge on any atom is -0.322 e. The molecule has 0 saturated carbocycles. The summed E-state index contributed by atoms with van der Waals surface area (Å²) < 4.78 is 24.9. The molecule has 4 nitrogen and oxygen atoms in total. The van der Waals surface area contributed by atoms with Crippen molar-refractivity contribution in [2.45, 2.75) is 17.1 Å². The van der Waals surface area contributed by atoms with E-state index in [1.165, 1.54) is 31.2 Å². The van der Waals surface area contributed by atoms with Gasteiger partial charge in [-0.25, -0.2) is 8.42 Å². The Hall–Kier alpha value is -1.27. The van der Waals surface area contributed by atoms with Crippen LogP contribution in [0.5, 0.6) is 0 Å². The lowest BCUT2D eigenvalue weighted by molar-refractivity contribution is -0.115. The number of anilines is 1.